The van der Waals surface area contributed by atoms with Crippen LogP contribution in [0.2, 0.25) is 0 Å². The molecule has 10 heavy (non-hydrogen) atoms. The highest BCUT2D eigenvalue weighted by atomic mass is 16.3. The van der Waals surface area contributed by atoms with Gasteiger partial charge < -0.3 is 10.2 Å². The summed E-state index contributed by atoms with van der Waals surface area (Å²) in [4.78, 5) is 0. The van der Waals surface area contributed by atoms with Crippen LogP contribution in [0.1, 0.15) is 25.7 Å². The van der Waals surface area contributed by atoms with Gasteiger partial charge in [-0.1, -0.05) is 12.3 Å². The van der Waals surface area contributed by atoms with E-state index in [0.29, 0.717) is 12.8 Å². The molecule has 2 atom stereocenters. The fraction of sp³-hybridized carbons (Fsp3) is 0.750. The maximum Gasteiger partial charge on any atom is 0.150 e. The van der Waals surface area contributed by atoms with E-state index in [1.807, 2.05) is 0 Å². The summed E-state index contributed by atoms with van der Waals surface area (Å²) >= 11 is 0. The lowest BCUT2D eigenvalue weighted by atomic mass is 9.83. The molecule has 0 aromatic rings. The first-order valence-electron chi connectivity index (χ1n) is 3.57. The molecule has 2 nitrogen and oxygen atoms in total. The first kappa shape index (κ1) is 7.59. The highest BCUT2D eigenvalue weighted by Gasteiger charge is 2.35. The molecule has 0 unspecified atom stereocenters. The minimum atomic E-state index is -1.24. The van der Waals surface area contributed by atoms with Crippen LogP contribution in [0.3, 0.4) is 0 Å². The molecule has 1 rings (SSSR count). The molecule has 1 aliphatic rings. The van der Waals surface area contributed by atoms with Crippen LogP contribution in [0, 0.1) is 12.3 Å². The smallest absolute Gasteiger partial charge is 0.150 e. The van der Waals surface area contributed by atoms with Crippen LogP contribution in [-0.4, -0.2) is 21.9 Å². The van der Waals surface area contributed by atoms with Crippen molar-refractivity contribution < 1.29 is 10.2 Å². The number of terminal acetylenes is 1. The predicted molar refractivity (Wildman–Crippen MR) is 38.3 cm³/mol. The molecule has 56 valence electrons. The van der Waals surface area contributed by atoms with Crippen molar-refractivity contribution in [3.8, 4) is 12.3 Å². The van der Waals surface area contributed by atoms with E-state index in [9.17, 15) is 10.2 Å². The molecule has 0 bridgehead atoms. The van der Waals surface area contributed by atoms with Crippen LogP contribution in [0.5, 0.6) is 0 Å². The van der Waals surface area contributed by atoms with Gasteiger partial charge in [0.25, 0.3) is 0 Å². The average Bonchev–Trinajstić information content (AvgIpc) is 1.96. The molecule has 0 heterocycles. The highest BCUT2D eigenvalue weighted by molar-refractivity contribution is 5.12. The molecule has 0 spiro atoms. The van der Waals surface area contributed by atoms with Crippen molar-refractivity contribution in [1.82, 2.24) is 0 Å². The Kier molecular flexibility index (Phi) is 1.98. The van der Waals surface area contributed by atoms with Gasteiger partial charge in [0, 0.05) is 0 Å². The summed E-state index contributed by atoms with van der Waals surface area (Å²) in [6, 6.07) is 0. The van der Waals surface area contributed by atoms with Gasteiger partial charge in [-0.15, -0.1) is 6.42 Å². The van der Waals surface area contributed by atoms with E-state index in [2.05, 4.69) is 5.92 Å². The van der Waals surface area contributed by atoms with E-state index in [1.54, 1.807) is 0 Å². The minimum Gasteiger partial charge on any atom is -0.389 e. The average molecular weight is 140 g/mol. The second kappa shape index (κ2) is 2.61. The molecule has 2 N–H and O–H groups in total. The fourth-order valence-corrected chi connectivity index (χ4v) is 1.31. The molecule has 2 heteroatoms. The summed E-state index contributed by atoms with van der Waals surface area (Å²) in [7, 11) is 0. The Bertz CT molecular complexity index is 159. The van der Waals surface area contributed by atoms with Crippen molar-refractivity contribution in [3.63, 3.8) is 0 Å². The molecule has 1 aliphatic carbocycles. The van der Waals surface area contributed by atoms with E-state index in [-0.39, 0.29) is 0 Å². The molecular formula is C8H12O2. The zero-order valence-corrected chi connectivity index (χ0v) is 5.88. The van der Waals surface area contributed by atoms with E-state index in [4.69, 9.17) is 6.42 Å². The molecule has 0 amide bonds. The molecule has 1 saturated carbocycles. The lowest BCUT2D eigenvalue weighted by molar-refractivity contribution is -0.0583. The van der Waals surface area contributed by atoms with Crippen molar-refractivity contribution in [2.45, 2.75) is 37.4 Å². The molecule has 0 aromatic carbocycles. The minimum absolute atomic E-state index is 0.532. The summed E-state index contributed by atoms with van der Waals surface area (Å²) in [5.74, 6) is 2.24. The highest BCUT2D eigenvalue weighted by Crippen LogP contribution is 2.27. The lowest BCUT2D eigenvalue weighted by Gasteiger charge is -2.31. The maximum atomic E-state index is 9.46. The third kappa shape index (κ3) is 1.16. The number of hydrogen-bond donors (Lipinski definition) is 2. The third-order valence-corrected chi connectivity index (χ3v) is 2.09. The second-order valence-electron chi connectivity index (χ2n) is 2.83. The van der Waals surface area contributed by atoms with Crippen molar-refractivity contribution in [2.75, 3.05) is 0 Å². The third-order valence-electron chi connectivity index (χ3n) is 2.09. The maximum absolute atomic E-state index is 9.46. The lowest BCUT2D eigenvalue weighted by Crippen LogP contribution is -2.43. The number of hydrogen-bond acceptors (Lipinski definition) is 2. The van der Waals surface area contributed by atoms with Gasteiger partial charge in [0.15, 0.2) is 5.60 Å². The molecule has 0 aromatic heterocycles. The molecule has 0 radical (unpaired) electrons. The summed E-state index contributed by atoms with van der Waals surface area (Å²) in [6.45, 7) is 0. The molecule has 0 aliphatic heterocycles. The van der Waals surface area contributed by atoms with Crippen molar-refractivity contribution in [2.24, 2.45) is 0 Å². The van der Waals surface area contributed by atoms with Gasteiger partial charge in [-0.2, -0.15) is 0 Å². The number of aliphatic hydroxyl groups is 2. The number of rotatable bonds is 0. The quantitative estimate of drug-likeness (QED) is 0.475. The van der Waals surface area contributed by atoms with Crippen LogP contribution in [0.4, 0.5) is 0 Å². The molecular weight excluding hydrogens is 128 g/mol. The standard InChI is InChI=1S/C8H12O2/c1-2-8(10)6-4-3-5-7(8)9/h1,7,9-10H,3-6H2/t7-,8-/m1/s1. The van der Waals surface area contributed by atoms with Gasteiger partial charge in [-0.05, 0) is 19.3 Å². The van der Waals surface area contributed by atoms with Crippen LogP contribution in [0.15, 0.2) is 0 Å². The SMILES string of the molecule is C#C[C@@]1(O)CCCC[C@H]1O. The Hall–Kier alpha value is -0.520. The van der Waals surface area contributed by atoms with Gasteiger partial charge >= 0.3 is 0 Å². The fourth-order valence-electron chi connectivity index (χ4n) is 1.31. The van der Waals surface area contributed by atoms with Gasteiger partial charge in [-0.25, -0.2) is 0 Å². The van der Waals surface area contributed by atoms with Crippen molar-refractivity contribution in [1.29, 1.82) is 0 Å². The second-order valence-corrected chi connectivity index (χ2v) is 2.83. The monoisotopic (exact) mass is 140 g/mol. The molecule has 1 fully saturated rings. The van der Waals surface area contributed by atoms with E-state index >= 15 is 0 Å². The largest absolute Gasteiger partial charge is 0.389 e. The van der Waals surface area contributed by atoms with Crippen LogP contribution in [-0.2, 0) is 0 Å². The topological polar surface area (TPSA) is 40.5 Å². The van der Waals surface area contributed by atoms with Crippen molar-refractivity contribution >= 4 is 0 Å². The van der Waals surface area contributed by atoms with E-state index < -0.39 is 11.7 Å². The van der Waals surface area contributed by atoms with Crippen LogP contribution < -0.4 is 0 Å². The Morgan fingerprint density at radius 3 is 2.60 bits per heavy atom. The molecule has 0 saturated heterocycles. The van der Waals surface area contributed by atoms with Crippen LogP contribution in [0.25, 0.3) is 0 Å². The first-order valence-corrected chi connectivity index (χ1v) is 3.57. The van der Waals surface area contributed by atoms with Crippen LogP contribution >= 0.6 is 0 Å². The van der Waals surface area contributed by atoms with Gasteiger partial charge in [0.1, 0.15) is 0 Å². The van der Waals surface area contributed by atoms with E-state index in [0.717, 1.165) is 12.8 Å². The Balaban J connectivity index is 2.65. The summed E-state index contributed by atoms with van der Waals surface area (Å²) in [5.41, 5.74) is -1.24. The zero-order chi connectivity index (χ0) is 7.61. The Morgan fingerprint density at radius 2 is 2.20 bits per heavy atom. The zero-order valence-electron chi connectivity index (χ0n) is 5.88. The summed E-state index contributed by atoms with van der Waals surface area (Å²) in [5, 5.41) is 18.7. The van der Waals surface area contributed by atoms with Crippen molar-refractivity contribution in [3.05, 3.63) is 0 Å². The summed E-state index contributed by atoms with van der Waals surface area (Å²) < 4.78 is 0. The predicted octanol–water partition coefficient (Wildman–Crippen LogP) is 0.286. The Morgan fingerprint density at radius 1 is 1.50 bits per heavy atom. The normalized spacial score (nSPS) is 40.7. The summed E-state index contributed by atoms with van der Waals surface area (Å²) in [6.07, 6.45) is 7.39. The van der Waals surface area contributed by atoms with Gasteiger partial charge in [0.2, 0.25) is 0 Å². The van der Waals surface area contributed by atoms with Gasteiger partial charge in [0.05, 0.1) is 6.10 Å². The number of aliphatic hydroxyl groups excluding tert-OH is 1. The van der Waals surface area contributed by atoms with E-state index in [1.165, 1.54) is 0 Å². The Labute approximate surface area is 60.9 Å². The first-order chi connectivity index (χ1) is 4.69. The van der Waals surface area contributed by atoms with Gasteiger partial charge in [-0.3, -0.25) is 0 Å².